The Balaban J connectivity index is 1.44. The summed E-state index contributed by atoms with van der Waals surface area (Å²) in [5, 5.41) is 12.4. The summed E-state index contributed by atoms with van der Waals surface area (Å²) in [4.78, 5) is 18.8. The number of anilines is 3. The van der Waals surface area contributed by atoms with Gasteiger partial charge in [0.15, 0.2) is 0 Å². The van der Waals surface area contributed by atoms with Crippen molar-refractivity contribution in [1.82, 2.24) is 14.9 Å². The molecule has 5 rings (SSSR count). The maximum Gasteiger partial charge on any atom is 0.267 e. The molecule has 1 aliphatic heterocycles. The molecule has 1 aliphatic rings. The number of nitrogens with one attached hydrogen (secondary N) is 2. The molecular formula is C29H31N5O2. The number of benzene rings is 2. The van der Waals surface area contributed by atoms with Crippen LogP contribution in [0, 0.1) is 0 Å². The van der Waals surface area contributed by atoms with Gasteiger partial charge < -0.3 is 10.2 Å². The first-order valence-corrected chi connectivity index (χ1v) is 12.5. The molecule has 2 aromatic heterocycles. The first-order valence-electron chi connectivity index (χ1n) is 12.5. The fraction of sp³-hybridized carbons (Fsp3) is 0.241. The number of imidazole rings is 1. The lowest BCUT2D eigenvalue weighted by atomic mass is 10.1. The Morgan fingerprint density at radius 3 is 2.47 bits per heavy atom. The number of rotatable bonds is 8. The zero-order valence-corrected chi connectivity index (χ0v) is 20.2. The van der Waals surface area contributed by atoms with Crippen molar-refractivity contribution in [3.8, 4) is 0 Å². The van der Waals surface area contributed by atoms with Gasteiger partial charge in [0.25, 0.3) is 5.91 Å². The highest BCUT2D eigenvalue weighted by molar-refractivity contribution is 5.90. The van der Waals surface area contributed by atoms with E-state index < -0.39 is 5.91 Å². The van der Waals surface area contributed by atoms with E-state index in [4.69, 9.17) is 10.2 Å². The maximum absolute atomic E-state index is 11.4. The van der Waals surface area contributed by atoms with E-state index in [0.29, 0.717) is 0 Å². The number of piperidine rings is 1. The highest BCUT2D eigenvalue weighted by atomic mass is 16.5. The Kier molecular flexibility index (Phi) is 7.28. The number of amides is 1. The summed E-state index contributed by atoms with van der Waals surface area (Å²) >= 11 is 0. The Labute approximate surface area is 211 Å². The number of aryl methyl sites for hydroxylation is 2. The van der Waals surface area contributed by atoms with Crippen LogP contribution in [0.5, 0.6) is 0 Å². The molecule has 1 saturated heterocycles. The number of carbonyl (C=O) groups is 1. The van der Waals surface area contributed by atoms with E-state index in [0.717, 1.165) is 54.3 Å². The molecule has 0 spiro atoms. The zero-order chi connectivity index (χ0) is 24.7. The van der Waals surface area contributed by atoms with Gasteiger partial charge in [-0.05, 0) is 85.7 Å². The third-order valence-corrected chi connectivity index (χ3v) is 6.60. The molecule has 0 unspecified atom stereocenters. The van der Waals surface area contributed by atoms with Crippen LogP contribution in [0.25, 0.3) is 11.7 Å². The van der Waals surface area contributed by atoms with Crippen molar-refractivity contribution in [3.63, 3.8) is 0 Å². The van der Waals surface area contributed by atoms with Crippen LogP contribution in [0.15, 0.2) is 79.0 Å². The second-order valence-corrected chi connectivity index (χ2v) is 9.11. The summed E-state index contributed by atoms with van der Waals surface area (Å²) < 4.78 is 2.02. The average Bonchev–Trinajstić information content (AvgIpc) is 3.28. The fourth-order valence-corrected chi connectivity index (χ4v) is 4.68. The molecule has 2 aromatic carbocycles. The number of carbonyl (C=O) groups excluding carboxylic acids is 1. The number of hydroxylamine groups is 1. The Bertz CT molecular complexity index is 1340. The first kappa shape index (κ1) is 23.6. The minimum absolute atomic E-state index is 0.573. The van der Waals surface area contributed by atoms with Crippen LogP contribution in [0.4, 0.5) is 17.2 Å². The number of nitrogens with zero attached hydrogens (tertiary/aromatic N) is 3. The van der Waals surface area contributed by atoms with Crippen molar-refractivity contribution in [2.45, 2.75) is 32.1 Å². The Morgan fingerprint density at radius 2 is 1.72 bits per heavy atom. The maximum atomic E-state index is 11.4. The lowest BCUT2D eigenvalue weighted by Gasteiger charge is -2.28. The van der Waals surface area contributed by atoms with Crippen LogP contribution in [-0.2, 0) is 17.6 Å². The summed E-state index contributed by atoms with van der Waals surface area (Å²) in [6.45, 7) is 2.24. The quantitative estimate of drug-likeness (QED) is 0.179. The standard InChI is InChI=1S/C29H31N5O2/c35-28(32-36)18-11-23-10-17-27-31-26(16-9-22-7-3-1-4-8-22)29(34(27)21-23)30-24-12-14-25(15-13-24)33-19-5-2-6-20-33/h1,3-4,7-8,10-15,17-18,21,30,36H,2,5-6,9,16,19-20H2,(H,32,35). The minimum atomic E-state index is -0.573. The molecule has 0 atom stereocenters. The predicted molar refractivity (Wildman–Crippen MR) is 144 cm³/mol. The van der Waals surface area contributed by atoms with Crippen molar-refractivity contribution in [3.05, 3.63) is 95.8 Å². The number of pyridine rings is 1. The van der Waals surface area contributed by atoms with E-state index >= 15 is 0 Å². The van der Waals surface area contributed by atoms with E-state index in [2.05, 4.69) is 58.7 Å². The Hall–Kier alpha value is -4.10. The SMILES string of the molecule is O=C(C=Cc1ccc2nc(CCc3ccccc3)c(Nc3ccc(N4CCCCC4)cc3)n2c1)NO. The van der Waals surface area contributed by atoms with Gasteiger partial charge in [-0.2, -0.15) is 0 Å². The second-order valence-electron chi connectivity index (χ2n) is 9.11. The summed E-state index contributed by atoms with van der Waals surface area (Å²) in [5.41, 5.74) is 7.78. The fourth-order valence-electron chi connectivity index (χ4n) is 4.68. The van der Waals surface area contributed by atoms with Crippen molar-refractivity contribution in [1.29, 1.82) is 0 Å². The predicted octanol–water partition coefficient (Wildman–Crippen LogP) is 5.37. The normalized spacial score (nSPS) is 13.9. The number of hydrogen-bond acceptors (Lipinski definition) is 5. The molecule has 1 amide bonds. The van der Waals surface area contributed by atoms with Gasteiger partial charge in [0.1, 0.15) is 11.5 Å². The van der Waals surface area contributed by atoms with Gasteiger partial charge in [0.2, 0.25) is 0 Å². The summed E-state index contributed by atoms with van der Waals surface area (Å²) in [7, 11) is 0. The van der Waals surface area contributed by atoms with Crippen LogP contribution < -0.4 is 15.7 Å². The van der Waals surface area contributed by atoms with Crippen molar-refractivity contribution >= 4 is 34.8 Å². The summed E-state index contributed by atoms with van der Waals surface area (Å²) in [5.74, 6) is 0.338. The van der Waals surface area contributed by atoms with Crippen molar-refractivity contribution < 1.29 is 10.0 Å². The molecule has 0 aliphatic carbocycles. The molecule has 0 bridgehead atoms. The van der Waals surface area contributed by atoms with E-state index in [-0.39, 0.29) is 0 Å². The lowest BCUT2D eigenvalue weighted by Crippen LogP contribution is -2.29. The second kappa shape index (κ2) is 11.1. The molecule has 3 heterocycles. The monoisotopic (exact) mass is 481 g/mol. The molecule has 36 heavy (non-hydrogen) atoms. The molecule has 7 heteroatoms. The van der Waals surface area contributed by atoms with Gasteiger partial charge in [0, 0.05) is 36.7 Å². The smallest absolute Gasteiger partial charge is 0.267 e. The molecule has 3 N–H and O–H groups in total. The van der Waals surface area contributed by atoms with Gasteiger partial charge in [-0.3, -0.25) is 14.4 Å². The van der Waals surface area contributed by atoms with E-state index in [1.54, 1.807) is 11.6 Å². The van der Waals surface area contributed by atoms with Crippen molar-refractivity contribution in [2.24, 2.45) is 0 Å². The average molecular weight is 482 g/mol. The topological polar surface area (TPSA) is 81.9 Å². The number of aromatic nitrogens is 2. The summed E-state index contributed by atoms with van der Waals surface area (Å²) in [6, 6.07) is 22.9. The van der Waals surface area contributed by atoms with Gasteiger partial charge in [-0.1, -0.05) is 30.3 Å². The first-order chi connectivity index (χ1) is 17.7. The van der Waals surface area contributed by atoms with E-state index in [1.165, 1.54) is 36.6 Å². The molecule has 184 valence electrons. The number of fused-ring (bicyclic) bond motifs is 1. The van der Waals surface area contributed by atoms with Gasteiger partial charge >= 0.3 is 0 Å². The van der Waals surface area contributed by atoms with Gasteiger partial charge in [-0.25, -0.2) is 10.5 Å². The third-order valence-electron chi connectivity index (χ3n) is 6.60. The highest BCUT2D eigenvalue weighted by Gasteiger charge is 2.15. The molecule has 7 nitrogen and oxygen atoms in total. The number of hydrogen-bond donors (Lipinski definition) is 3. The van der Waals surface area contributed by atoms with E-state index in [9.17, 15) is 4.79 Å². The minimum Gasteiger partial charge on any atom is -0.372 e. The molecule has 0 saturated carbocycles. The van der Waals surface area contributed by atoms with Crippen LogP contribution in [-0.4, -0.2) is 33.6 Å². The molecule has 1 fully saturated rings. The van der Waals surface area contributed by atoms with E-state index in [1.807, 2.05) is 28.8 Å². The largest absolute Gasteiger partial charge is 0.372 e. The third kappa shape index (κ3) is 5.58. The van der Waals surface area contributed by atoms with Crippen molar-refractivity contribution in [2.75, 3.05) is 23.3 Å². The highest BCUT2D eigenvalue weighted by Crippen LogP contribution is 2.27. The zero-order valence-electron chi connectivity index (χ0n) is 20.2. The van der Waals surface area contributed by atoms with Crippen LogP contribution >= 0.6 is 0 Å². The molecule has 4 aromatic rings. The lowest BCUT2D eigenvalue weighted by molar-refractivity contribution is -0.124. The van der Waals surface area contributed by atoms with Gasteiger partial charge in [0.05, 0.1) is 5.69 Å². The molecular weight excluding hydrogens is 450 g/mol. The van der Waals surface area contributed by atoms with Crippen LogP contribution in [0.3, 0.4) is 0 Å². The van der Waals surface area contributed by atoms with Crippen LogP contribution in [0.1, 0.15) is 36.1 Å². The summed E-state index contributed by atoms with van der Waals surface area (Å²) in [6.07, 6.45) is 10.4. The Morgan fingerprint density at radius 1 is 0.944 bits per heavy atom. The van der Waals surface area contributed by atoms with Crippen LogP contribution in [0.2, 0.25) is 0 Å². The molecule has 0 radical (unpaired) electrons. The van der Waals surface area contributed by atoms with Gasteiger partial charge in [-0.15, -0.1) is 0 Å².